The van der Waals surface area contributed by atoms with Crippen LogP contribution in [0.4, 0.5) is 0 Å². The summed E-state index contributed by atoms with van der Waals surface area (Å²) in [5, 5.41) is 10.7. The normalized spacial score (nSPS) is 9.62. The third kappa shape index (κ3) is 0.932. The standard InChI is InChI=1S/C3H4N2O2S/c6-1-2-4-3(8)7-5-2/h6H,1H2,(H,4,5,8). The van der Waals surface area contributed by atoms with Crippen LogP contribution in [0.25, 0.3) is 0 Å². The van der Waals surface area contributed by atoms with Crippen molar-refractivity contribution in [3.63, 3.8) is 0 Å². The molecule has 0 spiro atoms. The van der Waals surface area contributed by atoms with Crippen LogP contribution in [-0.4, -0.2) is 15.2 Å². The van der Waals surface area contributed by atoms with E-state index in [1.165, 1.54) is 0 Å². The highest BCUT2D eigenvalue weighted by Gasteiger charge is 1.91. The van der Waals surface area contributed by atoms with Crippen LogP contribution < -0.4 is 0 Å². The molecule has 1 aromatic rings. The van der Waals surface area contributed by atoms with Crippen LogP contribution in [0.15, 0.2) is 4.52 Å². The van der Waals surface area contributed by atoms with Crippen molar-refractivity contribution in [3.8, 4) is 0 Å². The predicted octanol–water partition coefficient (Wildman–Crippen LogP) is 0.224. The van der Waals surface area contributed by atoms with E-state index in [2.05, 4.69) is 26.9 Å². The molecule has 1 heterocycles. The second-order valence-electron chi connectivity index (χ2n) is 1.19. The van der Waals surface area contributed by atoms with Gasteiger partial charge in [0.25, 0.3) is 0 Å². The fourth-order valence-electron chi connectivity index (χ4n) is 0.326. The summed E-state index contributed by atoms with van der Waals surface area (Å²) in [6.07, 6.45) is 0. The molecule has 0 radical (unpaired) electrons. The zero-order valence-corrected chi connectivity index (χ0v) is 4.73. The number of nitrogens with one attached hydrogen (secondary N) is 1. The number of H-pyrrole nitrogens is 1. The topological polar surface area (TPSA) is 62.1 Å². The van der Waals surface area contributed by atoms with Crippen LogP contribution >= 0.6 is 12.2 Å². The Hall–Kier alpha value is -0.680. The van der Waals surface area contributed by atoms with Gasteiger partial charge in [0.05, 0.1) is 0 Å². The molecule has 0 bridgehead atoms. The van der Waals surface area contributed by atoms with Gasteiger partial charge in [0, 0.05) is 0 Å². The fourth-order valence-corrected chi connectivity index (χ4v) is 0.478. The van der Waals surface area contributed by atoms with Crippen molar-refractivity contribution in [2.75, 3.05) is 0 Å². The van der Waals surface area contributed by atoms with Gasteiger partial charge in [0.15, 0.2) is 5.82 Å². The van der Waals surface area contributed by atoms with Crippen LogP contribution in [0.2, 0.25) is 0 Å². The molecule has 2 N–H and O–H groups in total. The molecule has 5 heteroatoms. The minimum absolute atomic E-state index is 0.119. The van der Waals surface area contributed by atoms with Crippen molar-refractivity contribution in [2.45, 2.75) is 6.61 Å². The van der Waals surface area contributed by atoms with Crippen LogP contribution in [0.5, 0.6) is 0 Å². The lowest BCUT2D eigenvalue weighted by Crippen LogP contribution is -1.82. The van der Waals surface area contributed by atoms with Gasteiger partial charge in [-0.2, -0.15) is 4.98 Å². The minimum Gasteiger partial charge on any atom is -0.388 e. The van der Waals surface area contributed by atoms with Crippen molar-refractivity contribution in [3.05, 3.63) is 10.7 Å². The Kier molecular flexibility index (Phi) is 1.40. The van der Waals surface area contributed by atoms with Crippen LogP contribution in [0, 0.1) is 4.84 Å². The molecule has 0 amide bonds. The molecule has 0 aliphatic rings. The molecule has 0 aromatic carbocycles. The van der Waals surface area contributed by atoms with Gasteiger partial charge in [-0.3, -0.25) is 0 Å². The molecule has 1 rings (SSSR count). The molecule has 0 saturated carbocycles. The molecular formula is C3H4N2O2S. The highest BCUT2D eigenvalue weighted by atomic mass is 32.1. The van der Waals surface area contributed by atoms with Gasteiger partial charge in [-0.05, 0) is 12.2 Å². The van der Waals surface area contributed by atoms with Gasteiger partial charge in [0.2, 0.25) is 0 Å². The Bertz CT molecular complexity index is 215. The number of rotatable bonds is 1. The molecule has 8 heavy (non-hydrogen) atoms. The maximum absolute atomic E-state index is 8.35. The van der Waals surface area contributed by atoms with E-state index in [9.17, 15) is 0 Å². The van der Waals surface area contributed by atoms with E-state index in [0.717, 1.165) is 0 Å². The van der Waals surface area contributed by atoms with Gasteiger partial charge in [-0.15, -0.1) is 0 Å². The van der Waals surface area contributed by atoms with Crippen LogP contribution in [0.3, 0.4) is 0 Å². The molecule has 1 aromatic heterocycles. The van der Waals surface area contributed by atoms with E-state index >= 15 is 0 Å². The molecule has 0 fully saturated rings. The van der Waals surface area contributed by atoms with E-state index in [4.69, 9.17) is 5.11 Å². The Morgan fingerprint density at radius 3 is 2.88 bits per heavy atom. The molecule has 4 nitrogen and oxygen atoms in total. The van der Waals surface area contributed by atoms with Crippen molar-refractivity contribution < 1.29 is 9.63 Å². The van der Waals surface area contributed by atoms with Crippen molar-refractivity contribution in [2.24, 2.45) is 0 Å². The largest absolute Gasteiger partial charge is 0.388 e. The number of hydrogen-bond donors (Lipinski definition) is 2. The molecule has 0 unspecified atom stereocenters. The van der Waals surface area contributed by atoms with E-state index in [1.54, 1.807) is 0 Å². The number of nitrogens with zero attached hydrogens (tertiary/aromatic N) is 1. The average Bonchev–Trinajstić information content (AvgIpc) is 2.14. The first-order valence-electron chi connectivity index (χ1n) is 1.98. The Labute approximate surface area is 50.1 Å². The molecule has 0 aliphatic heterocycles. The number of aliphatic hydroxyl groups excluding tert-OH is 1. The summed E-state index contributed by atoms with van der Waals surface area (Å²) in [7, 11) is 0. The summed E-state index contributed by atoms with van der Waals surface area (Å²) in [6, 6.07) is 0. The number of hydrogen-bond acceptors (Lipinski definition) is 4. The second kappa shape index (κ2) is 2.06. The summed E-state index contributed by atoms with van der Waals surface area (Å²) >= 11 is 4.48. The summed E-state index contributed by atoms with van der Waals surface area (Å²) < 4.78 is 4.47. The fraction of sp³-hybridized carbons (Fsp3) is 0.333. The highest BCUT2D eigenvalue weighted by molar-refractivity contribution is 7.71. The summed E-state index contributed by atoms with van der Waals surface area (Å²) in [6.45, 7) is -0.167. The molecule has 0 saturated heterocycles. The van der Waals surface area contributed by atoms with E-state index in [0.29, 0.717) is 5.82 Å². The van der Waals surface area contributed by atoms with Crippen LogP contribution in [0.1, 0.15) is 5.82 Å². The molecular weight excluding hydrogens is 128 g/mol. The molecule has 0 aliphatic carbocycles. The van der Waals surface area contributed by atoms with Crippen molar-refractivity contribution in [1.82, 2.24) is 10.1 Å². The summed E-state index contributed by atoms with van der Waals surface area (Å²) in [5.74, 6) is 0.356. The third-order valence-electron chi connectivity index (χ3n) is 0.632. The predicted molar refractivity (Wildman–Crippen MR) is 27.6 cm³/mol. The third-order valence-corrected chi connectivity index (χ3v) is 0.807. The molecule has 0 atom stereocenters. The Balaban J connectivity index is 3.01. The highest BCUT2D eigenvalue weighted by Crippen LogP contribution is 1.88. The lowest BCUT2D eigenvalue weighted by atomic mass is 10.7. The quantitative estimate of drug-likeness (QED) is 0.537. The van der Waals surface area contributed by atoms with Gasteiger partial charge in [-0.1, -0.05) is 0 Å². The first-order valence-corrected chi connectivity index (χ1v) is 2.39. The smallest absolute Gasteiger partial charge is 0.314 e. The lowest BCUT2D eigenvalue weighted by molar-refractivity contribution is 0.263. The van der Waals surface area contributed by atoms with Gasteiger partial charge < -0.3 is 9.63 Å². The monoisotopic (exact) mass is 132 g/mol. The lowest BCUT2D eigenvalue weighted by Gasteiger charge is -1.76. The van der Waals surface area contributed by atoms with Gasteiger partial charge >= 0.3 is 4.84 Å². The summed E-state index contributed by atoms with van der Waals surface area (Å²) in [5.41, 5.74) is 0. The zero-order chi connectivity index (χ0) is 5.98. The Morgan fingerprint density at radius 1 is 1.88 bits per heavy atom. The first-order chi connectivity index (χ1) is 3.83. The molecule has 44 valence electrons. The van der Waals surface area contributed by atoms with E-state index < -0.39 is 0 Å². The Morgan fingerprint density at radius 2 is 2.62 bits per heavy atom. The maximum Gasteiger partial charge on any atom is 0.314 e. The van der Waals surface area contributed by atoms with Crippen molar-refractivity contribution in [1.29, 1.82) is 0 Å². The second-order valence-corrected chi connectivity index (χ2v) is 1.54. The SMILES string of the molecule is OCc1nc(=S)o[nH]1. The van der Waals surface area contributed by atoms with Gasteiger partial charge in [0.1, 0.15) is 6.61 Å². The van der Waals surface area contributed by atoms with Gasteiger partial charge in [-0.25, -0.2) is 5.16 Å². The van der Waals surface area contributed by atoms with Crippen LogP contribution in [-0.2, 0) is 6.61 Å². The average molecular weight is 132 g/mol. The number of aromatic nitrogens is 2. The zero-order valence-electron chi connectivity index (χ0n) is 3.92. The van der Waals surface area contributed by atoms with E-state index in [-0.39, 0.29) is 11.4 Å². The first kappa shape index (κ1) is 5.46. The maximum atomic E-state index is 8.35. The number of aliphatic hydroxyl groups is 1. The summed E-state index contributed by atoms with van der Waals surface area (Å²) in [4.78, 5) is 3.69. The number of aromatic amines is 1. The van der Waals surface area contributed by atoms with E-state index in [1.807, 2.05) is 0 Å². The minimum atomic E-state index is -0.167. The van der Waals surface area contributed by atoms with Crippen molar-refractivity contribution >= 4 is 12.2 Å².